The first-order chi connectivity index (χ1) is 12.4. The van der Waals surface area contributed by atoms with E-state index in [0.29, 0.717) is 12.2 Å². The number of hydrogen-bond donors (Lipinski definition) is 2. The largest absolute Gasteiger partial charge is 0.476 e. The van der Waals surface area contributed by atoms with Gasteiger partial charge in [-0.1, -0.05) is 12.1 Å². The van der Waals surface area contributed by atoms with E-state index in [-0.39, 0.29) is 11.6 Å². The van der Waals surface area contributed by atoms with Crippen LogP contribution in [0.25, 0.3) is 0 Å². The van der Waals surface area contributed by atoms with Crippen LogP contribution in [0.3, 0.4) is 0 Å². The van der Waals surface area contributed by atoms with Gasteiger partial charge in [0, 0.05) is 18.1 Å². The van der Waals surface area contributed by atoms with Crippen LogP contribution in [-0.4, -0.2) is 36.5 Å². The van der Waals surface area contributed by atoms with Crippen LogP contribution in [0, 0.1) is 0 Å². The van der Waals surface area contributed by atoms with E-state index in [1.807, 2.05) is 24.4 Å². The molecule has 0 aliphatic rings. The molecule has 26 heavy (non-hydrogen) atoms. The Morgan fingerprint density at radius 1 is 1.35 bits per heavy atom. The summed E-state index contributed by atoms with van der Waals surface area (Å²) in [6.07, 6.45) is 5.05. The summed E-state index contributed by atoms with van der Waals surface area (Å²) in [5, 5.41) is 19.8. The molecule has 134 valence electrons. The number of carbonyl (C=O) groups is 2. The Morgan fingerprint density at radius 3 is 2.81 bits per heavy atom. The Hall–Kier alpha value is -2.94. The van der Waals surface area contributed by atoms with Crippen LogP contribution >= 0.6 is 15.9 Å². The van der Waals surface area contributed by atoms with Crippen LogP contribution in [0.15, 0.2) is 53.4 Å². The van der Waals surface area contributed by atoms with E-state index >= 15 is 0 Å². The summed E-state index contributed by atoms with van der Waals surface area (Å²) < 4.78 is 4.00. The third-order valence-electron chi connectivity index (χ3n) is 3.74. The molecule has 9 heteroatoms. The Bertz CT molecular complexity index is 949. The first-order valence-corrected chi connectivity index (χ1v) is 8.58. The van der Waals surface area contributed by atoms with Crippen molar-refractivity contribution in [2.24, 2.45) is 0 Å². The summed E-state index contributed by atoms with van der Waals surface area (Å²) in [6.45, 7) is 2.23. The molecule has 1 amide bonds. The fourth-order valence-corrected chi connectivity index (χ4v) is 2.72. The summed E-state index contributed by atoms with van der Waals surface area (Å²) >= 11 is 3.36. The van der Waals surface area contributed by atoms with Gasteiger partial charge in [-0.15, -0.1) is 0 Å². The van der Waals surface area contributed by atoms with Gasteiger partial charge in [-0.05, 0) is 46.6 Å². The fraction of sp³-hybridized carbons (Fsp3) is 0.176. The molecule has 2 N–H and O–H groups in total. The molecule has 0 bridgehead atoms. The molecule has 0 aliphatic heterocycles. The number of amides is 1. The standard InChI is InChI=1S/C17H16BrN5O3/c1-11(23-6-5-15(21-23)17(25)26)16(24)20-14-4-2-3-12(7-14)9-22-10-13(18)8-19-22/h2-8,10-11H,9H2,1H3,(H,20,24)(H,25,26). The molecule has 0 fully saturated rings. The number of benzene rings is 1. The van der Waals surface area contributed by atoms with Gasteiger partial charge >= 0.3 is 5.97 Å². The van der Waals surface area contributed by atoms with Crippen molar-refractivity contribution in [1.82, 2.24) is 19.6 Å². The van der Waals surface area contributed by atoms with Crippen molar-refractivity contribution in [3.8, 4) is 0 Å². The van der Waals surface area contributed by atoms with Crippen LogP contribution < -0.4 is 5.32 Å². The van der Waals surface area contributed by atoms with Gasteiger partial charge < -0.3 is 10.4 Å². The van der Waals surface area contributed by atoms with Gasteiger partial charge in [-0.25, -0.2) is 4.79 Å². The van der Waals surface area contributed by atoms with Gasteiger partial charge in [0.05, 0.1) is 17.2 Å². The SMILES string of the molecule is CC(C(=O)Nc1cccc(Cn2cc(Br)cn2)c1)n1ccc(C(=O)O)n1. The third-order valence-corrected chi connectivity index (χ3v) is 4.15. The minimum Gasteiger partial charge on any atom is -0.476 e. The lowest BCUT2D eigenvalue weighted by molar-refractivity contribution is -0.119. The molecular weight excluding hydrogens is 402 g/mol. The Labute approximate surface area is 157 Å². The maximum atomic E-state index is 12.4. The van der Waals surface area contributed by atoms with E-state index in [1.165, 1.54) is 16.9 Å². The second kappa shape index (κ2) is 7.52. The van der Waals surface area contributed by atoms with E-state index in [2.05, 4.69) is 31.4 Å². The third kappa shape index (κ3) is 4.17. The van der Waals surface area contributed by atoms with Crippen molar-refractivity contribution in [3.05, 3.63) is 64.7 Å². The van der Waals surface area contributed by atoms with Gasteiger partial charge in [0.2, 0.25) is 5.91 Å². The number of aromatic nitrogens is 4. The van der Waals surface area contributed by atoms with E-state index in [9.17, 15) is 9.59 Å². The highest BCUT2D eigenvalue weighted by molar-refractivity contribution is 9.10. The molecule has 0 saturated heterocycles. The normalized spacial score (nSPS) is 11.9. The number of carboxylic acids is 1. The molecule has 8 nitrogen and oxygen atoms in total. The first kappa shape index (κ1) is 17.9. The minimum atomic E-state index is -1.13. The highest BCUT2D eigenvalue weighted by Crippen LogP contribution is 2.16. The molecule has 3 rings (SSSR count). The summed E-state index contributed by atoms with van der Waals surface area (Å²) in [6, 6.07) is 8.17. The van der Waals surface area contributed by atoms with Gasteiger partial charge in [0.15, 0.2) is 5.69 Å². The van der Waals surface area contributed by atoms with E-state index < -0.39 is 12.0 Å². The van der Waals surface area contributed by atoms with E-state index in [0.717, 1.165) is 10.0 Å². The van der Waals surface area contributed by atoms with E-state index in [1.54, 1.807) is 23.9 Å². The number of nitrogens with zero attached hydrogens (tertiary/aromatic N) is 4. The van der Waals surface area contributed by atoms with Crippen molar-refractivity contribution >= 4 is 33.5 Å². The maximum Gasteiger partial charge on any atom is 0.356 e. The predicted molar refractivity (Wildman–Crippen MR) is 98.0 cm³/mol. The van der Waals surface area contributed by atoms with Crippen molar-refractivity contribution in [2.75, 3.05) is 5.32 Å². The number of carboxylic acid groups (broad SMARTS) is 1. The van der Waals surface area contributed by atoms with Crippen LogP contribution in [0.1, 0.15) is 29.0 Å². The van der Waals surface area contributed by atoms with Crippen molar-refractivity contribution in [3.63, 3.8) is 0 Å². The molecule has 0 saturated carbocycles. The monoisotopic (exact) mass is 417 g/mol. The molecule has 1 aromatic carbocycles. The van der Waals surface area contributed by atoms with Gasteiger partial charge in [0.25, 0.3) is 0 Å². The van der Waals surface area contributed by atoms with Crippen molar-refractivity contribution in [1.29, 1.82) is 0 Å². The number of halogens is 1. The number of hydrogen-bond acceptors (Lipinski definition) is 4. The molecule has 2 aromatic heterocycles. The molecule has 0 radical (unpaired) electrons. The highest BCUT2D eigenvalue weighted by Gasteiger charge is 2.18. The quantitative estimate of drug-likeness (QED) is 0.641. The molecule has 1 unspecified atom stereocenters. The zero-order valence-corrected chi connectivity index (χ0v) is 15.4. The van der Waals surface area contributed by atoms with Gasteiger partial charge in [-0.2, -0.15) is 10.2 Å². The van der Waals surface area contributed by atoms with Gasteiger partial charge in [0.1, 0.15) is 6.04 Å². The topological polar surface area (TPSA) is 102 Å². The van der Waals surface area contributed by atoms with Crippen molar-refractivity contribution in [2.45, 2.75) is 19.5 Å². The van der Waals surface area contributed by atoms with Crippen LogP contribution in [0.5, 0.6) is 0 Å². The predicted octanol–water partition coefficient (Wildman–Crippen LogP) is 2.79. The lowest BCUT2D eigenvalue weighted by Crippen LogP contribution is -2.24. The average molecular weight is 418 g/mol. The molecule has 1 atom stereocenters. The highest BCUT2D eigenvalue weighted by atomic mass is 79.9. The summed E-state index contributed by atoms with van der Waals surface area (Å²) in [5.74, 6) is -1.42. The summed E-state index contributed by atoms with van der Waals surface area (Å²) in [4.78, 5) is 23.3. The summed E-state index contributed by atoms with van der Waals surface area (Å²) in [5.41, 5.74) is 1.53. The number of anilines is 1. The van der Waals surface area contributed by atoms with Crippen molar-refractivity contribution < 1.29 is 14.7 Å². The first-order valence-electron chi connectivity index (χ1n) is 7.78. The maximum absolute atomic E-state index is 12.4. The minimum absolute atomic E-state index is 0.1000. The van der Waals surface area contributed by atoms with Crippen LogP contribution in [0.4, 0.5) is 5.69 Å². The lowest BCUT2D eigenvalue weighted by atomic mass is 10.2. The zero-order valence-electron chi connectivity index (χ0n) is 13.8. The smallest absolute Gasteiger partial charge is 0.356 e. The molecular formula is C17H16BrN5O3. The zero-order chi connectivity index (χ0) is 18.7. The number of carbonyl (C=O) groups excluding carboxylic acids is 1. The Balaban J connectivity index is 1.68. The lowest BCUT2D eigenvalue weighted by Gasteiger charge is -2.13. The number of rotatable bonds is 6. The average Bonchev–Trinajstić information content (AvgIpc) is 3.24. The number of nitrogens with one attached hydrogen (secondary N) is 1. The number of aromatic carboxylic acids is 1. The molecule has 0 spiro atoms. The Morgan fingerprint density at radius 2 is 2.15 bits per heavy atom. The van der Waals surface area contributed by atoms with Gasteiger partial charge in [-0.3, -0.25) is 14.2 Å². The van der Waals surface area contributed by atoms with E-state index in [4.69, 9.17) is 5.11 Å². The second-order valence-corrected chi connectivity index (χ2v) is 6.62. The Kier molecular flexibility index (Phi) is 5.17. The molecule has 2 heterocycles. The molecule has 3 aromatic rings. The second-order valence-electron chi connectivity index (χ2n) is 5.71. The summed E-state index contributed by atoms with van der Waals surface area (Å²) in [7, 11) is 0. The fourth-order valence-electron chi connectivity index (χ4n) is 2.39. The van der Waals surface area contributed by atoms with Crippen LogP contribution in [-0.2, 0) is 11.3 Å². The van der Waals surface area contributed by atoms with Crippen LogP contribution in [0.2, 0.25) is 0 Å². The molecule has 0 aliphatic carbocycles.